The van der Waals surface area contributed by atoms with Crippen LogP contribution in [0.4, 0.5) is 0 Å². The summed E-state index contributed by atoms with van der Waals surface area (Å²) in [4.78, 5) is 72.3. The molecule has 86 heavy (non-hydrogen) atoms. The monoisotopic (exact) mass is 1270 g/mol. The van der Waals surface area contributed by atoms with Gasteiger partial charge in [-0.3, -0.25) is 37.3 Å². The molecule has 0 radical (unpaired) electrons. The molecule has 0 saturated carbocycles. The lowest BCUT2D eigenvalue weighted by atomic mass is 10.0. The third-order valence-electron chi connectivity index (χ3n) is 15.5. The van der Waals surface area contributed by atoms with E-state index in [1.807, 2.05) is 0 Å². The number of carbonyl (C=O) groups excluding carboxylic acids is 4. The highest BCUT2D eigenvalue weighted by atomic mass is 31.2. The van der Waals surface area contributed by atoms with Crippen LogP contribution in [0, 0.1) is 5.92 Å². The average Bonchev–Trinajstić information content (AvgIpc) is 3.66. The fraction of sp³-hybridized carbons (Fsp3) is 0.940. The molecule has 0 aromatic rings. The normalized spacial score (nSPS) is 14.2. The second-order valence-electron chi connectivity index (χ2n) is 24.7. The third-order valence-corrected chi connectivity index (χ3v) is 17.4. The number of aliphatic hydroxyl groups excluding tert-OH is 1. The van der Waals surface area contributed by atoms with Crippen molar-refractivity contribution in [2.45, 2.75) is 361 Å². The lowest BCUT2D eigenvalue weighted by Crippen LogP contribution is -2.30. The minimum atomic E-state index is -4.95. The van der Waals surface area contributed by atoms with Crippen molar-refractivity contribution < 1.29 is 80.2 Å². The fourth-order valence-electron chi connectivity index (χ4n) is 10.1. The van der Waals surface area contributed by atoms with Crippen LogP contribution in [-0.2, 0) is 65.4 Å². The Labute approximate surface area is 524 Å². The second-order valence-corrected chi connectivity index (χ2v) is 27.6. The van der Waals surface area contributed by atoms with Crippen molar-refractivity contribution >= 4 is 39.5 Å². The molecule has 0 aliphatic carbocycles. The molecule has 0 fully saturated rings. The summed E-state index contributed by atoms with van der Waals surface area (Å²) in [6, 6.07) is 0. The van der Waals surface area contributed by atoms with Gasteiger partial charge in [-0.2, -0.15) is 0 Å². The molecule has 510 valence electrons. The first-order valence-corrected chi connectivity index (χ1v) is 38.1. The molecule has 3 N–H and O–H groups in total. The second kappa shape index (κ2) is 60.6. The summed E-state index contributed by atoms with van der Waals surface area (Å²) in [5.41, 5.74) is 0. The molecule has 0 spiro atoms. The predicted molar refractivity (Wildman–Crippen MR) is 345 cm³/mol. The molecular weight excluding hydrogens is 1140 g/mol. The Morgan fingerprint density at radius 3 is 0.791 bits per heavy atom. The molecule has 0 bridgehead atoms. The Balaban J connectivity index is 5.23. The quantitative estimate of drug-likeness (QED) is 0.0222. The van der Waals surface area contributed by atoms with E-state index in [1.165, 1.54) is 167 Å². The van der Waals surface area contributed by atoms with E-state index >= 15 is 0 Å². The van der Waals surface area contributed by atoms with Crippen LogP contribution in [0.5, 0.6) is 0 Å². The van der Waals surface area contributed by atoms with Gasteiger partial charge in [0.15, 0.2) is 12.2 Å². The number of unbranched alkanes of at least 4 members (excludes halogenated alkanes) is 39. The van der Waals surface area contributed by atoms with Crippen LogP contribution in [-0.4, -0.2) is 96.7 Å². The van der Waals surface area contributed by atoms with Gasteiger partial charge < -0.3 is 33.8 Å². The summed E-state index contributed by atoms with van der Waals surface area (Å²) >= 11 is 0. The van der Waals surface area contributed by atoms with Crippen molar-refractivity contribution in [3.05, 3.63) is 0 Å². The van der Waals surface area contributed by atoms with E-state index < -0.39 is 97.5 Å². The van der Waals surface area contributed by atoms with Crippen LogP contribution in [0.15, 0.2) is 0 Å². The fourth-order valence-corrected chi connectivity index (χ4v) is 11.7. The molecule has 17 nitrogen and oxygen atoms in total. The summed E-state index contributed by atoms with van der Waals surface area (Å²) < 4.78 is 68.1. The standard InChI is InChI=1S/C67H130O17P2/c1-6-9-12-15-18-21-23-24-27-32-36-41-46-51-65(70)78-57-63(84-67(72)53-48-43-38-33-28-25-26-30-34-39-44-49-60(4)5)59-82-86(75,76)80-55-61(68)54-79-85(73,74)81-58-62(56-77-64(69)50-45-40-35-29-20-17-14-11-8-3)83-66(71)52-47-42-37-31-22-19-16-13-10-7-2/h60-63,68H,6-59H2,1-5H3,(H,73,74)(H,75,76)/t61-,62+,63+/m0/s1. The van der Waals surface area contributed by atoms with E-state index in [0.29, 0.717) is 25.7 Å². The van der Waals surface area contributed by atoms with Crippen LogP contribution in [0.2, 0.25) is 0 Å². The summed E-state index contributed by atoms with van der Waals surface area (Å²) in [7, 11) is -9.89. The number of hydrogen-bond donors (Lipinski definition) is 3. The summed E-state index contributed by atoms with van der Waals surface area (Å²) in [5.74, 6) is -1.36. The van der Waals surface area contributed by atoms with E-state index in [9.17, 15) is 43.2 Å². The molecule has 0 amide bonds. The first-order valence-electron chi connectivity index (χ1n) is 35.1. The Kier molecular flexibility index (Phi) is 59.2. The zero-order valence-corrected chi connectivity index (χ0v) is 57.2. The van der Waals surface area contributed by atoms with Gasteiger partial charge in [-0.05, 0) is 31.6 Å². The molecule has 0 aliphatic heterocycles. The number of rotatable bonds is 67. The van der Waals surface area contributed by atoms with Crippen LogP contribution in [0.25, 0.3) is 0 Å². The molecular formula is C67H130O17P2. The minimum absolute atomic E-state index is 0.107. The first-order chi connectivity index (χ1) is 41.5. The minimum Gasteiger partial charge on any atom is -0.462 e. The summed E-state index contributed by atoms with van der Waals surface area (Å²) in [6.07, 6.45) is 45.7. The highest BCUT2D eigenvalue weighted by Gasteiger charge is 2.30. The van der Waals surface area contributed by atoms with Gasteiger partial charge in [0.1, 0.15) is 19.3 Å². The maximum absolute atomic E-state index is 13.0. The molecule has 0 saturated heterocycles. The van der Waals surface area contributed by atoms with Crippen molar-refractivity contribution in [3.63, 3.8) is 0 Å². The summed E-state index contributed by atoms with van der Waals surface area (Å²) in [6.45, 7) is 7.20. The highest BCUT2D eigenvalue weighted by Crippen LogP contribution is 2.45. The number of carbonyl (C=O) groups is 4. The largest absolute Gasteiger partial charge is 0.472 e. The highest BCUT2D eigenvalue weighted by molar-refractivity contribution is 7.47. The lowest BCUT2D eigenvalue weighted by molar-refractivity contribution is -0.161. The Morgan fingerprint density at radius 2 is 0.535 bits per heavy atom. The molecule has 0 heterocycles. The van der Waals surface area contributed by atoms with Crippen molar-refractivity contribution in [1.82, 2.24) is 0 Å². The van der Waals surface area contributed by atoms with E-state index in [4.69, 9.17) is 37.0 Å². The van der Waals surface area contributed by atoms with Crippen molar-refractivity contribution in [2.75, 3.05) is 39.6 Å². The molecule has 0 aliphatic rings. The predicted octanol–water partition coefficient (Wildman–Crippen LogP) is 19.0. The molecule has 2 unspecified atom stereocenters. The smallest absolute Gasteiger partial charge is 0.462 e. The SMILES string of the molecule is CCCCCCCCCCCCCCCC(=O)OC[C@H](COP(=O)(O)OC[C@@H](O)COP(=O)(O)OC[C@@H](COC(=O)CCCCCCCCCCC)OC(=O)CCCCCCCCCCCC)OC(=O)CCCCCCCCCCCCCC(C)C. The van der Waals surface area contributed by atoms with Gasteiger partial charge in [-0.1, -0.05) is 291 Å². The number of hydrogen-bond acceptors (Lipinski definition) is 15. The van der Waals surface area contributed by atoms with Crippen molar-refractivity contribution in [3.8, 4) is 0 Å². The zero-order valence-electron chi connectivity index (χ0n) is 55.4. The number of ether oxygens (including phenoxy) is 4. The third kappa shape index (κ3) is 60.9. The molecule has 19 heteroatoms. The maximum Gasteiger partial charge on any atom is 0.472 e. The van der Waals surface area contributed by atoms with Gasteiger partial charge in [0, 0.05) is 25.7 Å². The van der Waals surface area contributed by atoms with Gasteiger partial charge >= 0.3 is 39.5 Å². The van der Waals surface area contributed by atoms with Crippen molar-refractivity contribution in [2.24, 2.45) is 5.92 Å². The molecule has 0 aromatic heterocycles. The molecule has 0 aromatic carbocycles. The molecule has 5 atom stereocenters. The maximum atomic E-state index is 13.0. The van der Waals surface area contributed by atoms with Crippen LogP contribution in [0.1, 0.15) is 343 Å². The van der Waals surface area contributed by atoms with E-state index in [1.54, 1.807) is 0 Å². The first kappa shape index (κ1) is 84.1. The van der Waals surface area contributed by atoms with Gasteiger partial charge in [0.25, 0.3) is 0 Å². The topological polar surface area (TPSA) is 237 Å². The number of phosphoric ester groups is 2. The molecule has 0 rings (SSSR count). The number of esters is 4. The van der Waals surface area contributed by atoms with Gasteiger partial charge in [0.2, 0.25) is 0 Å². The average molecular weight is 1270 g/mol. The Hall–Kier alpha value is -1.94. The lowest BCUT2D eigenvalue weighted by Gasteiger charge is -2.21. The van der Waals surface area contributed by atoms with Gasteiger partial charge in [-0.15, -0.1) is 0 Å². The Bertz CT molecular complexity index is 1670. The van der Waals surface area contributed by atoms with Crippen LogP contribution in [0.3, 0.4) is 0 Å². The van der Waals surface area contributed by atoms with E-state index in [0.717, 1.165) is 95.8 Å². The Morgan fingerprint density at radius 1 is 0.314 bits per heavy atom. The van der Waals surface area contributed by atoms with Crippen LogP contribution < -0.4 is 0 Å². The van der Waals surface area contributed by atoms with E-state index in [2.05, 4.69) is 34.6 Å². The van der Waals surface area contributed by atoms with Crippen molar-refractivity contribution in [1.29, 1.82) is 0 Å². The number of aliphatic hydroxyl groups is 1. The summed E-state index contributed by atoms with van der Waals surface area (Å²) in [5, 5.41) is 10.6. The van der Waals surface area contributed by atoms with Crippen LogP contribution >= 0.6 is 15.6 Å². The number of phosphoric acid groups is 2. The van der Waals surface area contributed by atoms with E-state index in [-0.39, 0.29) is 25.7 Å². The zero-order chi connectivity index (χ0) is 63.5. The van der Waals surface area contributed by atoms with Gasteiger partial charge in [0.05, 0.1) is 26.4 Å². The van der Waals surface area contributed by atoms with Gasteiger partial charge in [-0.25, -0.2) is 9.13 Å².